The summed E-state index contributed by atoms with van der Waals surface area (Å²) >= 11 is 0. The molecule has 0 unspecified atom stereocenters. The summed E-state index contributed by atoms with van der Waals surface area (Å²) in [7, 11) is 0. The Balaban J connectivity index is -0.0000000192. The summed E-state index contributed by atoms with van der Waals surface area (Å²) in [4.78, 5) is 41.2. The van der Waals surface area contributed by atoms with Gasteiger partial charge in [0.25, 0.3) is 0 Å². The molecule has 0 aliphatic rings. The van der Waals surface area contributed by atoms with Crippen LogP contribution in [0.4, 0.5) is 0 Å². The minimum absolute atomic E-state index is 0. The topological polar surface area (TPSA) is 186 Å². The molecule has 0 aliphatic heterocycles. The summed E-state index contributed by atoms with van der Waals surface area (Å²) in [5.74, 6) is 0. The van der Waals surface area contributed by atoms with Crippen molar-refractivity contribution in [1.82, 2.24) is 0 Å². The van der Waals surface area contributed by atoms with Gasteiger partial charge in [-0.25, -0.2) is 0 Å². The van der Waals surface area contributed by atoms with E-state index in [4.69, 9.17) is 49.5 Å². The van der Waals surface area contributed by atoms with Gasteiger partial charge in [-0.05, 0) is 0 Å². The van der Waals surface area contributed by atoms with Crippen LogP contribution in [0.15, 0.2) is 0 Å². The SMILES string of the molecule is O=[C-]O.O=[C-]O.O=[C-]O.O=[C-]O.O=[C-]O.[Fe+5]. The summed E-state index contributed by atoms with van der Waals surface area (Å²) in [5, 5.41) is 33.8. The van der Waals surface area contributed by atoms with E-state index in [2.05, 4.69) is 0 Å². The van der Waals surface area contributed by atoms with E-state index in [9.17, 15) is 0 Å². The Morgan fingerprint density at radius 3 is 0.438 bits per heavy atom. The van der Waals surface area contributed by atoms with Crippen molar-refractivity contribution >= 4 is 32.4 Å². The zero-order valence-electron chi connectivity index (χ0n) is 7.13. The molecule has 16 heavy (non-hydrogen) atoms. The molecule has 0 saturated carbocycles. The molecule has 93 valence electrons. The number of hydrogen-bond donors (Lipinski definition) is 5. The van der Waals surface area contributed by atoms with Crippen LogP contribution in [-0.2, 0) is 41.0 Å². The van der Waals surface area contributed by atoms with Crippen molar-refractivity contribution in [3.05, 3.63) is 0 Å². The first-order valence-electron chi connectivity index (χ1n) is 2.14. The molecule has 0 fully saturated rings. The molecule has 0 heterocycles. The van der Waals surface area contributed by atoms with Crippen LogP contribution in [0.2, 0.25) is 0 Å². The average molecular weight is 281 g/mol. The van der Waals surface area contributed by atoms with Crippen LogP contribution in [0.1, 0.15) is 0 Å². The molecule has 0 rings (SSSR count). The molecular weight excluding hydrogens is 276 g/mol. The Morgan fingerprint density at radius 2 is 0.438 bits per heavy atom. The first-order chi connectivity index (χ1) is 7.07. The normalized spacial score (nSPS) is 3.75. The second-order valence-electron chi connectivity index (χ2n) is 0.456. The molecule has 0 aromatic carbocycles. The number of rotatable bonds is 0. The van der Waals surface area contributed by atoms with Gasteiger partial charge in [0.2, 0.25) is 0 Å². The summed E-state index contributed by atoms with van der Waals surface area (Å²) in [6.45, 7) is 2.50. The minimum atomic E-state index is 0. The van der Waals surface area contributed by atoms with Crippen molar-refractivity contribution in [2.24, 2.45) is 0 Å². The maximum atomic E-state index is 8.24. The van der Waals surface area contributed by atoms with Crippen LogP contribution in [0.3, 0.4) is 0 Å². The van der Waals surface area contributed by atoms with E-state index in [0.29, 0.717) is 32.4 Å². The van der Waals surface area contributed by atoms with Crippen molar-refractivity contribution in [1.29, 1.82) is 0 Å². The number of aliphatic hydroxyl groups excluding tert-OH is 5. The van der Waals surface area contributed by atoms with Crippen molar-refractivity contribution in [3.8, 4) is 0 Å². The van der Waals surface area contributed by atoms with Gasteiger partial charge in [0.05, 0.1) is 0 Å². The summed E-state index contributed by atoms with van der Waals surface area (Å²) in [5.41, 5.74) is 0. The van der Waals surface area contributed by atoms with Gasteiger partial charge in [0, 0.05) is 0 Å². The maximum absolute atomic E-state index is 8.24. The summed E-state index contributed by atoms with van der Waals surface area (Å²) in [6.07, 6.45) is 0. The quantitative estimate of drug-likeness (QED) is 0.246. The Hall–Kier alpha value is -2.13. The van der Waals surface area contributed by atoms with Crippen molar-refractivity contribution in [2.75, 3.05) is 0 Å². The van der Waals surface area contributed by atoms with Crippen LogP contribution < -0.4 is 0 Å². The van der Waals surface area contributed by atoms with Crippen LogP contribution in [0, 0.1) is 0 Å². The standard InChI is InChI=1S/5CHO2.Fe/c5*2-1-3;/h5*(H,2,3);/q5*-1;+5. The molecule has 0 saturated heterocycles. The number of hydrogen-bond acceptors (Lipinski definition) is 5. The molecule has 1 radical (unpaired) electrons. The molecule has 0 amide bonds. The predicted molar refractivity (Wildman–Crippen MR) is 41.6 cm³/mol. The molecule has 0 spiro atoms. The first-order valence-corrected chi connectivity index (χ1v) is 2.14. The third kappa shape index (κ3) is 309. The van der Waals surface area contributed by atoms with Gasteiger partial charge in [-0.1, -0.05) is 32.4 Å². The van der Waals surface area contributed by atoms with E-state index in [1.807, 2.05) is 0 Å². The molecular formula is C5H5FeO10. The van der Waals surface area contributed by atoms with Crippen molar-refractivity contribution in [3.63, 3.8) is 0 Å². The molecule has 0 atom stereocenters. The van der Waals surface area contributed by atoms with Crippen molar-refractivity contribution < 1.29 is 66.6 Å². The van der Waals surface area contributed by atoms with Crippen LogP contribution in [-0.4, -0.2) is 57.9 Å². The molecule has 0 aromatic rings. The molecule has 11 heteroatoms. The predicted octanol–water partition coefficient (Wildman–Crippen LogP) is -1.94. The summed E-state index contributed by atoms with van der Waals surface area (Å²) in [6, 6.07) is 0. The van der Waals surface area contributed by atoms with Crippen LogP contribution >= 0.6 is 0 Å². The smallest absolute Gasteiger partial charge is 0.665 e. The average Bonchev–Trinajstić information content (AvgIpc) is 2.09. The van der Waals surface area contributed by atoms with E-state index < -0.39 is 0 Å². The second kappa shape index (κ2) is 220. The molecule has 0 bridgehead atoms. The third-order valence-corrected chi connectivity index (χ3v) is 0. The van der Waals surface area contributed by atoms with Gasteiger partial charge in [-0.2, -0.15) is 0 Å². The Morgan fingerprint density at radius 1 is 0.438 bits per heavy atom. The van der Waals surface area contributed by atoms with E-state index in [1.165, 1.54) is 0 Å². The minimum Gasteiger partial charge on any atom is -0.665 e. The van der Waals surface area contributed by atoms with E-state index in [-0.39, 0.29) is 17.1 Å². The molecule has 10 nitrogen and oxygen atoms in total. The maximum Gasteiger partial charge on any atom is 5.00 e. The monoisotopic (exact) mass is 281 g/mol. The second-order valence-corrected chi connectivity index (χ2v) is 0.456. The Kier molecular flexibility index (Phi) is 510. The van der Waals surface area contributed by atoms with Gasteiger partial charge >= 0.3 is 17.1 Å². The zero-order valence-corrected chi connectivity index (χ0v) is 8.24. The fourth-order valence-corrected chi connectivity index (χ4v) is 0. The van der Waals surface area contributed by atoms with E-state index >= 15 is 0 Å². The van der Waals surface area contributed by atoms with Gasteiger partial charge in [-0.15, -0.1) is 0 Å². The molecule has 0 aromatic heterocycles. The van der Waals surface area contributed by atoms with Gasteiger partial charge in [0.1, 0.15) is 0 Å². The zero-order chi connectivity index (χ0) is 13.5. The Bertz CT molecular complexity index is 91.5. The first kappa shape index (κ1) is 37.1. The largest absolute Gasteiger partial charge is 5.00 e. The fourth-order valence-electron chi connectivity index (χ4n) is 0. The summed E-state index contributed by atoms with van der Waals surface area (Å²) < 4.78 is 0. The van der Waals surface area contributed by atoms with Gasteiger partial charge < -0.3 is 49.5 Å². The third-order valence-electron chi connectivity index (χ3n) is 0. The van der Waals surface area contributed by atoms with Crippen molar-refractivity contribution in [2.45, 2.75) is 0 Å². The Labute approximate surface area is 99.6 Å². The van der Waals surface area contributed by atoms with Crippen LogP contribution in [0.25, 0.3) is 0 Å². The van der Waals surface area contributed by atoms with Gasteiger partial charge in [-0.3, -0.25) is 0 Å². The molecule has 0 aliphatic carbocycles. The molecule has 5 N–H and O–H groups in total. The van der Waals surface area contributed by atoms with Gasteiger partial charge in [0.15, 0.2) is 0 Å². The van der Waals surface area contributed by atoms with Crippen LogP contribution in [0.5, 0.6) is 0 Å². The fraction of sp³-hybridized carbons (Fsp3) is 0. The van der Waals surface area contributed by atoms with E-state index in [1.54, 1.807) is 0 Å². The van der Waals surface area contributed by atoms with E-state index in [0.717, 1.165) is 0 Å².